The second-order valence-corrected chi connectivity index (χ2v) is 1.67. The third-order valence-electron chi connectivity index (χ3n) is 0.504. The Morgan fingerprint density at radius 1 is 1.75 bits per heavy atom. The fourth-order valence-electron chi connectivity index (χ4n) is 0.203. The Kier molecular flexibility index (Phi) is 4.54. The third-order valence-corrected chi connectivity index (χ3v) is 1.01. The van der Waals surface area contributed by atoms with Crippen LogP contribution in [0.15, 0.2) is 0 Å². The smallest absolute Gasteiger partial charge is 0.231 e. The monoisotopic (exact) mass is 179 g/mol. The second-order valence-electron chi connectivity index (χ2n) is 1.10. The minimum atomic E-state index is -0.169. The van der Waals surface area contributed by atoms with E-state index < -0.39 is 0 Å². The highest BCUT2D eigenvalue weighted by Crippen LogP contribution is 1.75. The molecule has 0 spiro atoms. The van der Waals surface area contributed by atoms with Crippen LogP contribution in [-0.2, 0) is 9.59 Å². The molecule has 0 aromatic heterocycles. The topological polar surface area (TPSA) is 46.2 Å². The molecule has 0 aliphatic heterocycles. The minimum absolute atomic E-state index is 0.102. The zero-order valence-electron chi connectivity index (χ0n) is 4.19. The van der Waals surface area contributed by atoms with Gasteiger partial charge in [0.05, 0.1) is 11.9 Å². The van der Waals surface area contributed by atoms with Crippen molar-refractivity contribution in [1.82, 2.24) is 5.32 Å². The largest absolute Gasteiger partial charge is 0.349 e. The number of halogens is 1. The molecule has 0 rings (SSSR count). The van der Waals surface area contributed by atoms with E-state index in [9.17, 15) is 9.59 Å². The van der Waals surface area contributed by atoms with Crippen LogP contribution in [0.1, 0.15) is 0 Å². The van der Waals surface area contributed by atoms with Crippen molar-refractivity contribution in [3.8, 4) is 0 Å². The Balaban J connectivity index is 3.11. The molecule has 3 nitrogen and oxygen atoms in total. The van der Waals surface area contributed by atoms with Gasteiger partial charge >= 0.3 is 0 Å². The summed E-state index contributed by atoms with van der Waals surface area (Å²) in [5, 5.41) is 2.58. The zero-order valence-corrected chi connectivity index (χ0v) is 5.77. The lowest BCUT2D eigenvalue weighted by Gasteiger charge is -1.92. The van der Waals surface area contributed by atoms with E-state index in [0.717, 1.165) is 0 Å². The molecule has 0 bridgehead atoms. The fraction of sp³-hybridized carbons (Fsp3) is 0.500. The molecule has 0 unspecified atom stereocenters. The van der Waals surface area contributed by atoms with Crippen molar-refractivity contribution in [1.29, 1.82) is 0 Å². The Morgan fingerprint density at radius 3 is 2.75 bits per heavy atom. The number of rotatable bonds is 3. The molecule has 1 amide bonds. The van der Waals surface area contributed by atoms with Crippen LogP contribution in [-0.4, -0.2) is 24.1 Å². The van der Waals surface area contributed by atoms with Crippen LogP contribution in [0.5, 0.6) is 0 Å². The first-order chi connectivity index (χ1) is 3.81. The summed E-state index contributed by atoms with van der Waals surface area (Å²) in [5.74, 6) is -0.169. The highest BCUT2D eigenvalue weighted by molar-refractivity contribution is 9.09. The molecule has 0 fully saturated rings. The van der Waals surface area contributed by atoms with Crippen LogP contribution in [0.2, 0.25) is 0 Å². The van der Waals surface area contributed by atoms with E-state index in [-0.39, 0.29) is 17.8 Å². The maximum atomic E-state index is 10.3. The van der Waals surface area contributed by atoms with Crippen molar-refractivity contribution in [2.24, 2.45) is 0 Å². The summed E-state index contributed by atoms with van der Waals surface area (Å²) in [6.45, 7) is 0.102. The van der Waals surface area contributed by atoms with Crippen LogP contribution in [0.25, 0.3) is 0 Å². The second kappa shape index (κ2) is 4.77. The van der Waals surface area contributed by atoms with Crippen molar-refractivity contribution < 1.29 is 9.59 Å². The zero-order chi connectivity index (χ0) is 6.41. The predicted molar refractivity (Wildman–Crippen MR) is 32.9 cm³/mol. The lowest BCUT2D eigenvalue weighted by molar-refractivity contribution is -0.120. The Morgan fingerprint density at radius 2 is 2.38 bits per heavy atom. The molecule has 0 aliphatic rings. The van der Waals surface area contributed by atoms with E-state index in [1.54, 1.807) is 0 Å². The van der Waals surface area contributed by atoms with Gasteiger partial charge in [-0.2, -0.15) is 0 Å². The summed E-state index contributed by atoms with van der Waals surface area (Å²) < 4.78 is 0. The van der Waals surface area contributed by atoms with Crippen molar-refractivity contribution in [3.05, 3.63) is 0 Å². The van der Waals surface area contributed by atoms with E-state index in [0.29, 0.717) is 6.29 Å². The van der Waals surface area contributed by atoms with Gasteiger partial charge in [-0.1, -0.05) is 15.9 Å². The summed E-state index contributed by atoms with van der Waals surface area (Å²) in [5.41, 5.74) is 0. The van der Waals surface area contributed by atoms with Gasteiger partial charge in [-0.15, -0.1) is 0 Å². The number of amides is 1. The number of nitrogens with one attached hydrogen (secondary N) is 1. The maximum absolute atomic E-state index is 10.3. The number of alkyl halides is 1. The lowest BCUT2D eigenvalue weighted by atomic mass is 10.6. The molecule has 0 aromatic carbocycles. The summed E-state index contributed by atoms with van der Waals surface area (Å²) in [6, 6.07) is 0. The highest BCUT2D eigenvalue weighted by atomic mass is 79.9. The first-order valence-electron chi connectivity index (χ1n) is 2.07. The maximum Gasteiger partial charge on any atom is 0.231 e. The minimum Gasteiger partial charge on any atom is -0.349 e. The first kappa shape index (κ1) is 7.62. The van der Waals surface area contributed by atoms with Crippen LogP contribution < -0.4 is 5.32 Å². The molecule has 0 saturated carbocycles. The van der Waals surface area contributed by atoms with Gasteiger partial charge in [0.2, 0.25) is 5.91 Å². The molecule has 0 saturated heterocycles. The van der Waals surface area contributed by atoms with Crippen molar-refractivity contribution >= 4 is 28.1 Å². The molecule has 0 atom stereocenters. The van der Waals surface area contributed by atoms with Gasteiger partial charge in [0.1, 0.15) is 6.29 Å². The highest BCUT2D eigenvalue weighted by Gasteiger charge is 1.92. The quantitative estimate of drug-likeness (QED) is 0.478. The summed E-state index contributed by atoms with van der Waals surface area (Å²) >= 11 is 2.92. The average molecular weight is 180 g/mol. The van der Waals surface area contributed by atoms with Gasteiger partial charge in [-0.3, -0.25) is 4.79 Å². The standard InChI is InChI=1S/C4H6BrNO2/c5-3-4(8)6-1-2-7/h2H,1,3H2,(H,6,8). The molecule has 46 valence electrons. The van der Waals surface area contributed by atoms with Crippen LogP contribution in [0, 0.1) is 0 Å². The van der Waals surface area contributed by atoms with Crippen molar-refractivity contribution in [3.63, 3.8) is 0 Å². The van der Waals surface area contributed by atoms with Crippen LogP contribution in [0.4, 0.5) is 0 Å². The molecule has 0 aromatic rings. The van der Waals surface area contributed by atoms with E-state index in [4.69, 9.17) is 0 Å². The molecule has 0 radical (unpaired) electrons. The van der Waals surface area contributed by atoms with Gasteiger partial charge in [0.25, 0.3) is 0 Å². The first-order valence-corrected chi connectivity index (χ1v) is 3.19. The molecule has 0 heterocycles. The molecule has 1 N–H and O–H groups in total. The van der Waals surface area contributed by atoms with Gasteiger partial charge < -0.3 is 10.1 Å². The van der Waals surface area contributed by atoms with Crippen LogP contribution >= 0.6 is 15.9 Å². The summed E-state index contributed by atoms with van der Waals surface area (Å²) in [7, 11) is 0. The SMILES string of the molecule is O=CCNC(=O)CBr. The summed E-state index contributed by atoms with van der Waals surface area (Å²) in [4.78, 5) is 19.8. The van der Waals surface area contributed by atoms with Crippen molar-refractivity contribution in [2.45, 2.75) is 0 Å². The van der Waals surface area contributed by atoms with E-state index in [1.165, 1.54) is 0 Å². The lowest BCUT2D eigenvalue weighted by Crippen LogP contribution is -2.25. The van der Waals surface area contributed by atoms with Gasteiger partial charge in [-0.05, 0) is 0 Å². The Labute approximate surface area is 55.6 Å². The average Bonchev–Trinajstić information content (AvgIpc) is 1.83. The Hall–Kier alpha value is -0.380. The number of aldehydes is 1. The van der Waals surface area contributed by atoms with Gasteiger partial charge in [0, 0.05) is 0 Å². The summed E-state index contributed by atoms with van der Waals surface area (Å²) in [6.07, 6.45) is 0.639. The van der Waals surface area contributed by atoms with Crippen molar-refractivity contribution in [2.75, 3.05) is 11.9 Å². The van der Waals surface area contributed by atoms with E-state index >= 15 is 0 Å². The normalized spacial score (nSPS) is 8.12. The van der Waals surface area contributed by atoms with Gasteiger partial charge in [-0.25, -0.2) is 0 Å². The number of carbonyl (C=O) groups excluding carboxylic acids is 2. The molecule has 0 aliphatic carbocycles. The van der Waals surface area contributed by atoms with Crippen LogP contribution in [0.3, 0.4) is 0 Å². The fourth-order valence-corrected chi connectivity index (χ4v) is 0.401. The third kappa shape index (κ3) is 3.80. The number of hydrogen-bond donors (Lipinski definition) is 1. The Bertz CT molecular complexity index is 94.0. The number of carbonyl (C=O) groups is 2. The molecule has 4 heteroatoms. The molecule has 8 heavy (non-hydrogen) atoms. The number of hydrogen-bond acceptors (Lipinski definition) is 2. The van der Waals surface area contributed by atoms with E-state index in [2.05, 4.69) is 21.2 Å². The predicted octanol–water partition coefficient (Wildman–Crippen LogP) is -0.304. The molecular weight excluding hydrogens is 174 g/mol. The molecular formula is C4H6BrNO2. The van der Waals surface area contributed by atoms with Gasteiger partial charge in [0.15, 0.2) is 0 Å². The van der Waals surface area contributed by atoms with E-state index in [1.807, 2.05) is 0 Å².